The predicted octanol–water partition coefficient (Wildman–Crippen LogP) is 3.11. The molecule has 1 amide bonds. The van der Waals surface area contributed by atoms with E-state index < -0.39 is 0 Å². The molecule has 6 heteroatoms. The van der Waals surface area contributed by atoms with E-state index in [2.05, 4.69) is 5.32 Å². The number of amides is 1. The molecule has 0 unspecified atom stereocenters. The zero-order chi connectivity index (χ0) is 19.7. The van der Waals surface area contributed by atoms with Crippen LogP contribution in [0.2, 0.25) is 5.02 Å². The van der Waals surface area contributed by atoms with E-state index in [0.29, 0.717) is 34.8 Å². The number of rotatable bonds is 4. The van der Waals surface area contributed by atoms with Crippen LogP contribution >= 0.6 is 11.6 Å². The van der Waals surface area contributed by atoms with Gasteiger partial charge in [0.05, 0.1) is 17.9 Å². The summed E-state index contributed by atoms with van der Waals surface area (Å²) in [5.74, 6) is -0.331. The Morgan fingerprint density at radius 3 is 2.64 bits per heavy atom. The summed E-state index contributed by atoms with van der Waals surface area (Å²) in [4.78, 5) is 26.2. The van der Waals surface area contributed by atoms with E-state index in [-0.39, 0.29) is 24.6 Å². The molecule has 4 rings (SSSR count). The highest BCUT2D eigenvalue weighted by atomic mass is 35.5. The van der Waals surface area contributed by atoms with Crippen LogP contribution in [0.15, 0.2) is 59.4 Å². The van der Waals surface area contributed by atoms with Gasteiger partial charge in [0.15, 0.2) is 0 Å². The zero-order valence-electron chi connectivity index (χ0n) is 15.1. The topological polar surface area (TPSA) is 71.3 Å². The molecule has 1 aromatic heterocycles. The first-order valence-corrected chi connectivity index (χ1v) is 9.49. The fourth-order valence-electron chi connectivity index (χ4n) is 3.65. The van der Waals surface area contributed by atoms with Crippen molar-refractivity contribution in [1.82, 2.24) is 9.88 Å². The second-order valence-corrected chi connectivity index (χ2v) is 7.11. The van der Waals surface area contributed by atoms with E-state index in [1.807, 2.05) is 42.5 Å². The average molecular weight is 395 g/mol. The minimum Gasteiger partial charge on any atom is -0.395 e. The van der Waals surface area contributed by atoms with Crippen molar-refractivity contribution >= 4 is 17.5 Å². The summed E-state index contributed by atoms with van der Waals surface area (Å²) in [6.45, 7) is 0.471. The Bertz CT molecular complexity index is 1110. The molecule has 5 nitrogen and oxygen atoms in total. The molecule has 2 N–H and O–H groups in total. The fraction of sp³-hybridized carbons (Fsp3) is 0.182. The van der Waals surface area contributed by atoms with Crippen molar-refractivity contribution < 1.29 is 9.90 Å². The highest BCUT2D eigenvalue weighted by Crippen LogP contribution is 2.34. The minimum absolute atomic E-state index is 0.134. The molecule has 0 atom stereocenters. The van der Waals surface area contributed by atoms with Gasteiger partial charge >= 0.3 is 0 Å². The van der Waals surface area contributed by atoms with Gasteiger partial charge in [-0.25, -0.2) is 0 Å². The molecule has 3 aromatic rings. The number of nitrogens with one attached hydrogen (secondary N) is 1. The van der Waals surface area contributed by atoms with Crippen molar-refractivity contribution in [1.29, 1.82) is 0 Å². The third-order valence-electron chi connectivity index (χ3n) is 4.95. The van der Waals surface area contributed by atoms with Crippen molar-refractivity contribution in [3.05, 3.63) is 81.1 Å². The van der Waals surface area contributed by atoms with Crippen molar-refractivity contribution in [2.24, 2.45) is 0 Å². The molecule has 1 aliphatic heterocycles. The van der Waals surface area contributed by atoms with Crippen LogP contribution in [-0.4, -0.2) is 28.7 Å². The van der Waals surface area contributed by atoms with Crippen LogP contribution in [0.25, 0.3) is 22.4 Å². The number of carbonyl (C=O) groups is 1. The highest BCUT2D eigenvalue weighted by molar-refractivity contribution is 6.31. The summed E-state index contributed by atoms with van der Waals surface area (Å²) in [5, 5.41) is 12.3. The van der Waals surface area contributed by atoms with Crippen LogP contribution in [-0.2, 0) is 13.0 Å². The maximum Gasteiger partial charge on any atom is 0.258 e. The van der Waals surface area contributed by atoms with E-state index in [1.165, 1.54) is 0 Å². The maximum absolute atomic E-state index is 13.3. The SMILES string of the molecule is O=C(NCCO)c1cc(-c2ccccc2)c(=O)n2c1-c1cc(Cl)ccc1CC2. The first-order valence-electron chi connectivity index (χ1n) is 9.11. The van der Waals surface area contributed by atoms with Gasteiger partial charge in [-0.15, -0.1) is 0 Å². The maximum atomic E-state index is 13.3. The summed E-state index contributed by atoms with van der Waals surface area (Å²) in [6, 6.07) is 16.5. The number of hydrogen-bond acceptors (Lipinski definition) is 3. The Morgan fingerprint density at radius 1 is 1.11 bits per heavy atom. The van der Waals surface area contributed by atoms with Crippen molar-refractivity contribution in [3.8, 4) is 22.4 Å². The predicted molar refractivity (Wildman–Crippen MR) is 110 cm³/mol. The van der Waals surface area contributed by atoms with Gasteiger partial charge in [-0.3, -0.25) is 9.59 Å². The number of carbonyl (C=O) groups excluding carboxylic acids is 1. The lowest BCUT2D eigenvalue weighted by atomic mass is 9.92. The second kappa shape index (κ2) is 7.62. The summed E-state index contributed by atoms with van der Waals surface area (Å²) in [7, 11) is 0. The van der Waals surface area contributed by atoms with E-state index in [1.54, 1.807) is 16.7 Å². The number of aliphatic hydroxyl groups is 1. The number of aliphatic hydroxyl groups excluding tert-OH is 1. The summed E-state index contributed by atoms with van der Waals surface area (Å²) >= 11 is 6.20. The molecule has 0 fully saturated rings. The van der Waals surface area contributed by atoms with Gasteiger partial charge in [-0.05, 0) is 35.7 Å². The van der Waals surface area contributed by atoms with Gasteiger partial charge in [0.2, 0.25) is 0 Å². The molecule has 0 bridgehead atoms. The first kappa shape index (κ1) is 18.5. The Labute approximate surface area is 167 Å². The van der Waals surface area contributed by atoms with Crippen LogP contribution in [0.3, 0.4) is 0 Å². The number of nitrogens with zero attached hydrogens (tertiary/aromatic N) is 1. The van der Waals surface area contributed by atoms with Gasteiger partial charge in [0, 0.05) is 29.2 Å². The molecule has 0 radical (unpaired) electrons. The number of halogens is 1. The molecule has 2 heterocycles. The molecule has 0 spiro atoms. The number of fused-ring (bicyclic) bond motifs is 3. The number of aromatic nitrogens is 1. The molecular formula is C22H19ClN2O3. The van der Waals surface area contributed by atoms with E-state index in [4.69, 9.17) is 16.7 Å². The Balaban J connectivity index is 2.00. The Hall–Kier alpha value is -2.89. The van der Waals surface area contributed by atoms with Gasteiger partial charge < -0.3 is 15.0 Å². The lowest BCUT2D eigenvalue weighted by Crippen LogP contribution is -2.33. The van der Waals surface area contributed by atoms with Gasteiger partial charge in [0.25, 0.3) is 11.5 Å². The first-order chi connectivity index (χ1) is 13.6. The van der Waals surface area contributed by atoms with Gasteiger partial charge in [-0.2, -0.15) is 0 Å². The highest BCUT2D eigenvalue weighted by Gasteiger charge is 2.26. The van der Waals surface area contributed by atoms with Crippen molar-refractivity contribution in [2.45, 2.75) is 13.0 Å². The molecule has 2 aromatic carbocycles. The third kappa shape index (κ3) is 3.23. The summed E-state index contributed by atoms with van der Waals surface area (Å²) in [5.41, 5.74) is 3.92. The Morgan fingerprint density at radius 2 is 1.89 bits per heavy atom. The Kier molecular flexibility index (Phi) is 5.03. The lowest BCUT2D eigenvalue weighted by Gasteiger charge is -2.25. The second-order valence-electron chi connectivity index (χ2n) is 6.67. The van der Waals surface area contributed by atoms with Crippen LogP contribution in [0.1, 0.15) is 15.9 Å². The molecule has 0 saturated heterocycles. The van der Waals surface area contributed by atoms with E-state index >= 15 is 0 Å². The lowest BCUT2D eigenvalue weighted by molar-refractivity contribution is 0.0944. The van der Waals surface area contributed by atoms with Crippen molar-refractivity contribution in [3.63, 3.8) is 0 Å². The van der Waals surface area contributed by atoms with Crippen molar-refractivity contribution in [2.75, 3.05) is 13.2 Å². The van der Waals surface area contributed by atoms with Gasteiger partial charge in [-0.1, -0.05) is 48.0 Å². The molecule has 0 saturated carbocycles. The molecule has 142 valence electrons. The monoisotopic (exact) mass is 394 g/mol. The summed E-state index contributed by atoms with van der Waals surface area (Å²) < 4.78 is 1.66. The molecular weight excluding hydrogens is 376 g/mol. The van der Waals surface area contributed by atoms with Crippen LogP contribution < -0.4 is 10.9 Å². The van der Waals surface area contributed by atoms with Crippen LogP contribution in [0.4, 0.5) is 0 Å². The zero-order valence-corrected chi connectivity index (χ0v) is 15.9. The van der Waals surface area contributed by atoms with Crippen LogP contribution in [0, 0.1) is 0 Å². The average Bonchev–Trinajstić information content (AvgIpc) is 2.72. The molecule has 1 aliphatic rings. The quantitative estimate of drug-likeness (QED) is 0.714. The number of aryl methyl sites for hydroxylation is 1. The van der Waals surface area contributed by atoms with Gasteiger partial charge in [0.1, 0.15) is 0 Å². The number of hydrogen-bond donors (Lipinski definition) is 2. The summed E-state index contributed by atoms with van der Waals surface area (Å²) in [6.07, 6.45) is 0.690. The normalized spacial score (nSPS) is 12.2. The number of pyridine rings is 1. The van der Waals surface area contributed by atoms with E-state index in [0.717, 1.165) is 16.7 Å². The molecule has 28 heavy (non-hydrogen) atoms. The third-order valence-corrected chi connectivity index (χ3v) is 5.18. The molecule has 0 aliphatic carbocycles. The fourth-order valence-corrected chi connectivity index (χ4v) is 3.82. The number of benzene rings is 2. The minimum atomic E-state index is -0.331. The standard InChI is InChI=1S/C22H19ClN2O3/c23-16-7-6-15-8-10-25-20(17(15)12-16)19(21(27)24-9-11-26)13-18(22(25)28)14-4-2-1-3-5-14/h1-7,12-13,26H,8-11H2,(H,24,27). The van der Waals surface area contributed by atoms with Crippen LogP contribution in [0.5, 0.6) is 0 Å². The van der Waals surface area contributed by atoms with E-state index in [9.17, 15) is 9.59 Å². The smallest absolute Gasteiger partial charge is 0.258 e. The largest absolute Gasteiger partial charge is 0.395 e.